The minimum atomic E-state index is 0.170. The fourth-order valence-corrected chi connectivity index (χ4v) is 3.07. The molecule has 1 amide bonds. The largest absolute Gasteiger partial charge is 0.396 e. The molecule has 0 saturated heterocycles. The highest BCUT2D eigenvalue weighted by Crippen LogP contribution is 2.14. The van der Waals surface area contributed by atoms with Crippen LogP contribution in [0.2, 0.25) is 0 Å². The third-order valence-electron chi connectivity index (χ3n) is 4.85. The van der Waals surface area contributed by atoms with E-state index in [1.54, 1.807) is 0 Å². The summed E-state index contributed by atoms with van der Waals surface area (Å²) in [4.78, 5) is 11.8. The Labute approximate surface area is 150 Å². The third-order valence-corrected chi connectivity index (χ3v) is 4.85. The van der Waals surface area contributed by atoms with Crippen molar-refractivity contribution >= 4 is 5.91 Å². The summed E-state index contributed by atoms with van der Waals surface area (Å²) in [6, 6.07) is 0. The van der Waals surface area contributed by atoms with Crippen molar-refractivity contribution in [2.24, 2.45) is 11.7 Å². The first-order valence-corrected chi connectivity index (χ1v) is 10.3. The van der Waals surface area contributed by atoms with Gasteiger partial charge in [-0.3, -0.25) is 4.79 Å². The van der Waals surface area contributed by atoms with Gasteiger partial charge in [0, 0.05) is 19.6 Å². The Kier molecular flexibility index (Phi) is 18.2. The number of rotatable bonds is 18. The minimum Gasteiger partial charge on any atom is -0.396 e. The van der Waals surface area contributed by atoms with Gasteiger partial charge in [-0.15, -0.1) is 0 Å². The molecule has 144 valence electrons. The van der Waals surface area contributed by atoms with Gasteiger partial charge in [0.25, 0.3) is 0 Å². The van der Waals surface area contributed by atoms with Crippen LogP contribution >= 0.6 is 0 Å². The highest BCUT2D eigenvalue weighted by atomic mass is 16.3. The summed E-state index contributed by atoms with van der Waals surface area (Å²) in [6.07, 6.45) is 16.1. The van der Waals surface area contributed by atoms with Crippen LogP contribution in [0.25, 0.3) is 0 Å². The number of hydrogen-bond acceptors (Lipinski definition) is 3. The maximum atomic E-state index is 11.8. The first-order valence-electron chi connectivity index (χ1n) is 10.3. The summed E-state index contributed by atoms with van der Waals surface area (Å²) in [6.45, 7) is 4.00. The minimum absolute atomic E-state index is 0.170. The first-order chi connectivity index (χ1) is 11.7. The van der Waals surface area contributed by atoms with Gasteiger partial charge in [0.1, 0.15) is 0 Å². The van der Waals surface area contributed by atoms with E-state index < -0.39 is 0 Å². The number of nitrogens with one attached hydrogen (secondary N) is 1. The monoisotopic (exact) mass is 342 g/mol. The Morgan fingerprint density at radius 3 is 1.96 bits per heavy atom. The van der Waals surface area contributed by atoms with Gasteiger partial charge in [0.05, 0.1) is 0 Å². The molecule has 1 unspecified atom stereocenters. The van der Waals surface area contributed by atoms with Gasteiger partial charge in [0.2, 0.25) is 5.91 Å². The molecule has 4 nitrogen and oxygen atoms in total. The number of nitrogens with two attached hydrogens (primary N) is 1. The summed E-state index contributed by atoms with van der Waals surface area (Å²) in [7, 11) is 0. The van der Waals surface area contributed by atoms with Crippen molar-refractivity contribution in [1.82, 2.24) is 5.32 Å². The van der Waals surface area contributed by atoms with Crippen LogP contribution in [0.4, 0.5) is 0 Å². The third kappa shape index (κ3) is 16.3. The average molecular weight is 343 g/mol. The molecule has 0 aliphatic heterocycles. The summed E-state index contributed by atoms with van der Waals surface area (Å²) < 4.78 is 0. The molecular formula is C20H42N2O2. The highest BCUT2D eigenvalue weighted by Gasteiger charge is 2.08. The summed E-state index contributed by atoms with van der Waals surface area (Å²) >= 11 is 0. The maximum absolute atomic E-state index is 11.8. The van der Waals surface area contributed by atoms with Crippen LogP contribution in [0.3, 0.4) is 0 Å². The summed E-state index contributed by atoms with van der Waals surface area (Å²) in [5, 5.41) is 12.0. The lowest BCUT2D eigenvalue weighted by Gasteiger charge is -2.12. The number of carbonyl (C=O) groups excluding carboxylic acids is 1. The Morgan fingerprint density at radius 2 is 1.46 bits per heavy atom. The highest BCUT2D eigenvalue weighted by molar-refractivity contribution is 5.75. The van der Waals surface area contributed by atoms with E-state index in [1.807, 2.05) is 0 Å². The number of hydrogen-bond donors (Lipinski definition) is 3. The molecule has 0 bridgehead atoms. The van der Waals surface area contributed by atoms with E-state index >= 15 is 0 Å². The van der Waals surface area contributed by atoms with Crippen molar-refractivity contribution in [3.63, 3.8) is 0 Å². The number of carbonyl (C=O) groups is 1. The molecule has 0 rings (SSSR count). The van der Waals surface area contributed by atoms with E-state index in [0.29, 0.717) is 12.3 Å². The SMILES string of the molecule is CCC(CCO)CCC(=O)NCCCCCCCCCCCCN. The molecule has 0 aromatic carbocycles. The molecule has 0 saturated carbocycles. The first kappa shape index (κ1) is 23.4. The normalized spacial score (nSPS) is 12.3. The van der Waals surface area contributed by atoms with Crippen LogP contribution < -0.4 is 11.1 Å². The smallest absolute Gasteiger partial charge is 0.220 e. The zero-order valence-electron chi connectivity index (χ0n) is 16.0. The number of amides is 1. The second kappa shape index (κ2) is 18.7. The van der Waals surface area contributed by atoms with Gasteiger partial charge in [-0.25, -0.2) is 0 Å². The molecule has 0 radical (unpaired) electrons. The zero-order chi connectivity index (χ0) is 17.9. The van der Waals surface area contributed by atoms with Crippen LogP contribution in [0.5, 0.6) is 0 Å². The Morgan fingerprint density at radius 1 is 0.917 bits per heavy atom. The standard InChI is InChI=1S/C20H42N2O2/c1-2-19(15-18-23)13-14-20(24)22-17-12-10-8-6-4-3-5-7-9-11-16-21/h19,23H,2-18,21H2,1H3,(H,22,24). The van der Waals surface area contributed by atoms with Gasteiger partial charge < -0.3 is 16.2 Å². The van der Waals surface area contributed by atoms with Gasteiger partial charge in [0.15, 0.2) is 0 Å². The predicted molar refractivity (Wildman–Crippen MR) is 103 cm³/mol. The number of aliphatic hydroxyl groups excluding tert-OH is 1. The van der Waals surface area contributed by atoms with Crippen LogP contribution in [0, 0.1) is 5.92 Å². The molecule has 0 spiro atoms. The number of aliphatic hydroxyl groups is 1. The molecule has 24 heavy (non-hydrogen) atoms. The fourth-order valence-electron chi connectivity index (χ4n) is 3.07. The predicted octanol–water partition coefficient (Wildman–Crippen LogP) is 4.15. The Hall–Kier alpha value is -0.610. The summed E-state index contributed by atoms with van der Waals surface area (Å²) in [5.41, 5.74) is 5.48. The number of unbranched alkanes of at least 4 members (excludes halogenated alkanes) is 9. The van der Waals surface area contributed by atoms with Crippen LogP contribution in [-0.4, -0.2) is 30.7 Å². The molecule has 0 heterocycles. The van der Waals surface area contributed by atoms with Crippen molar-refractivity contribution < 1.29 is 9.90 Å². The van der Waals surface area contributed by atoms with Gasteiger partial charge in [-0.2, -0.15) is 0 Å². The molecule has 4 heteroatoms. The molecule has 1 atom stereocenters. The van der Waals surface area contributed by atoms with Crippen LogP contribution in [-0.2, 0) is 4.79 Å². The van der Waals surface area contributed by atoms with Gasteiger partial charge in [-0.1, -0.05) is 64.7 Å². The molecule has 0 aliphatic carbocycles. The fraction of sp³-hybridized carbons (Fsp3) is 0.950. The molecule has 0 fully saturated rings. The van der Waals surface area contributed by atoms with E-state index in [-0.39, 0.29) is 12.5 Å². The lowest BCUT2D eigenvalue weighted by atomic mass is 9.97. The van der Waals surface area contributed by atoms with E-state index in [2.05, 4.69) is 12.2 Å². The molecule has 0 aromatic heterocycles. The molecule has 4 N–H and O–H groups in total. The second-order valence-corrected chi connectivity index (χ2v) is 7.00. The van der Waals surface area contributed by atoms with Crippen molar-refractivity contribution in [3.8, 4) is 0 Å². The topological polar surface area (TPSA) is 75.3 Å². The molecular weight excluding hydrogens is 300 g/mol. The Bertz CT molecular complexity index is 272. The van der Waals surface area contributed by atoms with E-state index in [9.17, 15) is 4.79 Å². The quantitative estimate of drug-likeness (QED) is 0.328. The van der Waals surface area contributed by atoms with Crippen LogP contribution in [0.1, 0.15) is 96.8 Å². The second-order valence-electron chi connectivity index (χ2n) is 7.00. The van der Waals surface area contributed by atoms with Crippen molar-refractivity contribution in [2.45, 2.75) is 96.8 Å². The average Bonchev–Trinajstić information content (AvgIpc) is 2.59. The summed E-state index contributed by atoms with van der Waals surface area (Å²) in [5.74, 6) is 0.653. The van der Waals surface area contributed by atoms with E-state index in [1.165, 1.54) is 57.8 Å². The van der Waals surface area contributed by atoms with Crippen molar-refractivity contribution in [2.75, 3.05) is 19.7 Å². The van der Waals surface area contributed by atoms with E-state index in [4.69, 9.17) is 10.8 Å². The Balaban J connectivity index is 3.27. The lowest BCUT2D eigenvalue weighted by molar-refractivity contribution is -0.121. The zero-order valence-corrected chi connectivity index (χ0v) is 16.0. The lowest BCUT2D eigenvalue weighted by Crippen LogP contribution is -2.24. The van der Waals surface area contributed by atoms with Gasteiger partial charge >= 0.3 is 0 Å². The van der Waals surface area contributed by atoms with Crippen molar-refractivity contribution in [3.05, 3.63) is 0 Å². The van der Waals surface area contributed by atoms with Crippen LogP contribution in [0.15, 0.2) is 0 Å². The molecule has 0 aliphatic rings. The van der Waals surface area contributed by atoms with Gasteiger partial charge in [-0.05, 0) is 38.1 Å². The molecule has 0 aromatic rings. The maximum Gasteiger partial charge on any atom is 0.220 e. The van der Waals surface area contributed by atoms with E-state index in [0.717, 1.165) is 38.8 Å². The van der Waals surface area contributed by atoms with Crippen molar-refractivity contribution in [1.29, 1.82) is 0 Å².